The second-order valence-corrected chi connectivity index (χ2v) is 2.31. The van der Waals surface area contributed by atoms with Crippen molar-refractivity contribution in [3.8, 4) is 0 Å². The molecular weight excluding hydrogens is 145 g/mol. The lowest BCUT2D eigenvalue weighted by atomic mass is 10.1. The first-order valence-corrected chi connectivity index (χ1v) is 3.37. The maximum Gasteiger partial charge on any atom is 0.123 e. The molecule has 3 N–H and O–H groups in total. The van der Waals surface area contributed by atoms with Crippen molar-refractivity contribution >= 4 is 0 Å². The Balaban J connectivity index is 2.86. The number of aliphatic hydroxyl groups is 1. The van der Waals surface area contributed by atoms with Crippen LogP contribution in [0.5, 0.6) is 0 Å². The highest BCUT2D eigenvalue weighted by Crippen LogP contribution is 2.11. The van der Waals surface area contributed by atoms with Crippen LogP contribution in [-0.2, 0) is 0 Å². The number of aliphatic hydroxyl groups excluding tert-OH is 1. The molecule has 0 spiro atoms. The van der Waals surface area contributed by atoms with Gasteiger partial charge in [-0.25, -0.2) is 4.39 Å². The van der Waals surface area contributed by atoms with Crippen molar-refractivity contribution in [3.63, 3.8) is 0 Å². The highest BCUT2D eigenvalue weighted by atomic mass is 19.1. The van der Waals surface area contributed by atoms with E-state index in [2.05, 4.69) is 0 Å². The number of hydrogen-bond acceptors (Lipinski definition) is 2. The van der Waals surface area contributed by atoms with Crippen molar-refractivity contribution in [1.82, 2.24) is 0 Å². The van der Waals surface area contributed by atoms with Gasteiger partial charge in [0, 0.05) is 6.54 Å². The fraction of sp³-hybridized carbons (Fsp3) is 0.250. The van der Waals surface area contributed by atoms with Gasteiger partial charge in [-0.2, -0.15) is 0 Å². The van der Waals surface area contributed by atoms with E-state index in [1.807, 2.05) is 0 Å². The summed E-state index contributed by atoms with van der Waals surface area (Å²) in [5.74, 6) is -0.352. The molecule has 0 heterocycles. The smallest absolute Gasteiger partial charge is 0.123 e. The molecule has 11 heavy (non-hydrogen) atoms. The molecule has 0 saturated carbocycles. The third-order valence-electron chi connectivity index (χ3n) is 1.46. The molecule has 0 bridgehead atoms. The molecule has 0 amide bonds. The van der Waals surface area contributed by atoms with Gasteiger partial charge in [-0.15, -0.1) is 0 Å². The summed E-state index contributed by atoms with van der Waals surface area (Å²) in [5.41, 5.74) is 5.70. The van der Waals surface area contributed by atoms with Crippen LogP contribution in [0.4, 0.5) is 4.39 Å². The van der Waals surface area contributed by atoms with Gasteiger partial charge in [0.05, 0.1) is 6.10 Å². The zero-order chi connectivity index (χ0) is 8.27. The molecule has 1 rings (SSSR count). The Morgan fingerprint density at radius 2 is 2.27 bits per heavy atom. The molecule has 0 aliphatic carbocycles. The molecule has 0 aliphatic heterocycles. The molecule has 0 saturated heterocycles. The molecule has 2 nitrogen and oxygen atoms in total. The number of benzene rings is 1. The standard InChI is InChI=1S/C8H10FNO/c9-7-3-1-2-6(4-7)8(11)5-10/h1-4,8,11H,5,10H2/t8-/m0/s1. The van der Waals surface area contributed by atoms with Gasteiger partial charge in [0.1, 0.15) is 5.82 Å². The molecule has 0 fully saturated rings. The number of rotatable bonds is 2. The van der Waals surface area contributed by atoms with Gasteiger partial charge < -0.3 is 10.8 Å². The van der Waals surface area contributed by atoms with Crippen LogP contribution in [0.25, 0.3) is 0 Å². The van der Waals surface area contributed by atoms with Crippen molar-refractivity contribution in [3.05, 3.63) is 35.6 Å². The summed E-state index contributed by atoms with van der Waals surface area (Å²) in [6, 6.07) is 5.79. The Labute approximate surface area is 64.5 Å². The zero-order valence-electron chi connectivity index (χ0n) is 6.00. The van der Waals surface area contributed by atoms with E-state index in [-0.39, 0.29) is 12.4 Å². The van der Waals surface area contributed by atoms with Crippen LogP contribution in [0.15, 0.2) is 24.3 Å². The maximum absolute atomic E-state index is 12.5. The fourth-order valence-electron chi connectivity index (χ4n) is 0.850. The minimum Gasteiger partial charge on any atom is -0.387 e. The summed E-state index contributed by atoms with van der Waals surface area (Å²) in [5, 5.41) is 9.16. The Hall–Kier alpha value is -0.930. The zero-order valence-corrected chi connectivity index (χ0v) is 6.00. The van der Waals surface area contributed by atoms with Gasteiger partial charge in [-0.3, -0.25) is 0 Å². The molecule has 0 unspecified atom stereocenters. The summed E-state index contributed by atoms with van der Waals surface area (Å²) in [4.78, 5) is 0. The van der Waals surface area contributed by atoms with E-state index < -0.39 is 6.10 Å². The predicted molar refractivity (Wildman–Crippen MR) is 40.4 cm³/mol. The Bertz CT molecular complexity index is 239. The Morgan fingerprint density at radius 1 is 1.55 bits per heavy atom. The van der Waals surface area contributed by atoms with Crippen molar-refractivity contribution in [2.24, 2.45) is 5.73 Å². The van der Waals surface area contributed by atoms with Gasteiger partial charge in [0.2, 0.25) is 0 Å². The highest BCUT2D eigenvalue weighted by Gasteiger charge is 2.04. The second kappa shape index (κ2) is 3.46. The van der Waals surface area contributed by atoms with Crippen molar-refractivity contribution in [1.29, 1.82) is 0 Å². The third-order valence-corrected chi connectivity index (χ3v) is 1.46. The number of nitrogens with two attached hydrogens (primary N) is 1. The summed E-state index contributed by atoms with van der Waals surface area (Å²) in [6.45, 7) is 0.115. The third kappa shape index (κ3) is 2.00. The quantitative estimate of drug-likeness (QED) is 0.664. The second-order valence-electron chi connectivity index (χ2n) is 2.31. The van der Waals surface area contributed by atoms with Crippen molar-refractivity contribution in [2.75, 3.05) is 6.54 Å². The van der Waals surface area contributed by atoms with Crippen LogP contribution in [0.1, 0.15) is 11.7 Å². The molecule has 1 aromatic rings. The predicted octanol–water partition coefficient (Wildman–Crippen LogP) is 0.818. The monoisotopic (exact) mass is 155 g/mol. The summed E-state index contributed by atoms with van der Waals surface area (Å²) < 4.78 is 12.5. The van der Waals surface area contributed by atoms with Crippen LogP contribution in [0.3, 0.4) is 0 Å². The van der Waals surface area contributed by atoms with E-state index in [4.69, 9.17) is 10.8 Å². The largest absolute Gasteiger partial charge is 0.387 e. The van der Waals surface area contributed by atoms with Crippen molar-refractivity contribution < 1.29 is 9.50 Å². The summed E-state index contributed by atoms with van der Waals surface area (Å²) >= 11 is 0. The molecule has 0 radical (unpaired) electrons. The van der Waals surface area contributed by atoms with Crippen LogP contribution in [0.2, 0.25) is 0 Å². The Morgan fingerprint density at radius 3 is 2.82 bits per heavy atom. The first-order chi connectivity index (χ1) is 5.24. The number of halogens is 1. The molecule has 1 aromatic carbocycles. The SMILES string of the molecule is NC[C@H](O)c1cccc(F)c1. The molecule has 60 valence electrons. The minimum absolute atomic E-state index is 0.115. The maximum atomic E-state index is 12.5. The van der Waals surface area contributed by atoms with Gasteiger partial charge >= 0.3 is 0 Å². The molecule has 0 aliphatic rings. The van der Waals surface area contributed by atoms with Gasteiger partial charge in [0.25, 0.3) is 0 Å². The average molecular weight is 155 g/mol. The van der Waals surface area contributed by atoms with Gasteiger partial charge in [-0.1, -0.05) is 12.1 Å². The average Bonchev–Trinajstić information content (AvgIpc) is 2.03. The van der Waals surface area contributed by atoms with Crippen LogP contribution in [-0.4, -0.2) is 11.7 Å². The van der Waals surface area contributed by atoms with E-state index in [0.29, 0.717) is 5.56 Å². The van der Waals surface area contributed by atoms with Crippen LogP contribution < -0.4 is 5.73 Å². The van der Waals surface area contributed by atoms with E-state index in [9.17, 15) is 4.39 Å². The lowest BCUT2D eigenvalue weighted by Gasteiger charge is -2.06. The molecule has 3 heteroatoms. The lowest BCUT2D eigenvalue weighted by molar-refractivity contribution is 0.186. The first kappa shape index (κ1) is 8.17. The summed E-state index contributed by atoms with van der Waals surface area (Å²) in [7, 11) is 0. The van der Waals surface area contributed by atoms with Crippen LogP contribution in [0, 0.1) is 5.82 Å². The molecule has 1 atom stereocenters. The van der Waals surface area contributed by atoms with E-state index in [1.54, 1.807) is 12.1 Å². The van der Waals surface area contributed by atoms with E-state index in [1.165, 1.54) is 12.1 Å². The van der Waals surface area contributed by atoms with Crippen LogP contribution >= 0.6 is 0 Å². The molecule has 0 aromatic heterocycles. The highest BCUT2D eigenvalue weighted by molar-refractivity contribution is 5.18. The van der Waals surface area contributed by atoms with E-state index in [0.717, 1.165) is 0 Å². The first-order valence-electron chi connectivity index (χ1n) is 3.37. The lowest BCUT2D eigenvalue weighted by Crippen LogP contribution is -2.11. The normalized spacial score (nSPS) is 13.0. The van der Waals surface area contributed by atoms with Gasteiger partial charge in [0.15, 0.2) is 0 Å². The topological polar surface area (TPSA) is 46.2 Å². The minimum atomic E-state index is -0.759. The fourth-order valence-corrected chi connectivity index (χ4v) is 0.850. The number of hydrogen-bond donors (Lipinski definition) is 2. The summed E-state index contributed by atoms with van der Waals surface area (Å²) in [6.07, 6.45) is -0.759. The molecular formula is C8H10FNO. The van der Waals surface area contributed by atoms with E-state index >= 15 is 0 Å². The van der Waals surface area contributed by atoms with Crippen molar-refractivity contribution in [2.45, 2.75) is 6.10 Å². The Kier molecular flexibility index (Phi) is 2.57. The van der Waals surface area contributed by atoms with Gasteiger partial charge in [-0.05, 0) is 17.7 Å².